The Morgan fingerprint density at radius 2 is 1.91 bits per heavy atom. The summed E-state index contributed by atoms with van der Waals surface area (Å²) in [7, 11) is 0. The second-order valence-corrected chi connectivity index (χ2v) is 9.81. The van der Waals surface area contributed by atoms with Crippen LogP contribution in [-0.4, -0.2) is 46.5 Å². The van der Waals surface area contributed by atoms with Crippen LogP contribution in [0.5, 0.6) is 0 Å². The van der Waals surface area contributed by atoms with Gasteiger partial charge in [-0.25, -0.2) is 9.97 Å². The van der Waals surface area contributed by atoms with Gasteiger partial charge in [0.25, 0.3) is 0 Å². The Balaban J connectivity index is 1.43. The second kappa shape index (κ2) is 9.38. The highest BCUT2D eigenvalue weighted by atomic mass is 32.1. The highest BCUT2D eigenvalue weighted by molar-refractivity contribution is 7.19. The first-order valence-corrected chi connectivity index (χ1v) is 12.3. The lowest BCUT2D eigenvalue weighted by Gasteiger charge is -2.32. The van der Waals surface area contributed by atoms with Crippen molar-refractivity contribution in [2.24, 2.45) is 5.73 Å². The summed E-state index contributed by atoms with van der Waals surface area (Å²) in [5.74, 6) is 1.46. The molecule has 0 radical (unpaired) electrons. The molecule has 3 N–H and O–H groups in total. The van der Waals surface area contributed by atoms with Crippen LogP contribution in [0.15, 0.2) is 30.3 Å². The van der Waals surface area contributed by atoms with Crippen LogP contribution in [0.25, 0.3) is 22.4 Å². The molecule has 1 aliphatic carbocycles. The Morgan fingerprint density at radius 3 is 2.69 bits per heavy atom. The third-order valence-electron chi connectivity index (χ3n) is 6.36. The molecule has 3 aromatic rings. The summed E-state index contributed by atoms with van der Waals surface area (Å²) >= 11 is 1.83. The maximum absolute atomic E-state index is 11.2. The van der Waals surface area contributed by atoms with Gasteiger partial charge < -0.3 is 11.1 Å². The minimum atomic E-state index is -0.256. The van der Waals surface area contributed by atoms with Crippen LogP contribution in [0.1, 0.15) is 47.5 Å². The minimum absolute atomic E-state index is 0.256. The number of benzene rings is 1. The van der Waals surface area contributed by atoms with E-state index in [9.17, 15) is 4.79 Å². The number of nitrogens with two attached hydrogens (primary N) is 1. The number of amides is 1. The molecule has 2 aromatic heterocycles. The van der Waals surface area contributed by atoms with Crippen molar-refractivity contribution < 1.29 is 4.79 Å². The lowest BCUT2D eigenvalue weighted by Crippen LogP contribution is -2.43. The van der Waals surface area contributed by atoms with Crippen LogP contribution in [0.2, 0.25) is 0 Å². The molecule has 3 heterocycles. The minimum Gasteiger partial charge on any atom is -0.369 e. The largest absolute Gasteiger partial charge is 0.369 e. The molecular weight excluding hydrogens is 418 g/mol. The number of anilines is 1. The van der Waals surface area contributed by atoms with Gasteiger partial charge in [0.15, 0.2) is 5.82 Å². The molecule has 0 atom stereocenters. The maximum atomic E-state index is 11.2. The van der Waals surface area contributed by atoms with Crippen LogP contribution in [0.4, 0.5) is 5.82 Å². The van der Waals surface area contributed by atoms with Crippen molar-refractivity contribution in [1.82, 2.24) is 14.9 Å². The van der Waals surface area contributed by atoms with E-state index in [0.717, 1.165) is 60.8 Å². The molecule has 1 amide bonds. The van der Waals surface area contributed by atoms with E-state index in [-0.39, 0.29) is 5.91 Å². The number of piperidine rings is 1. The molecule has 1 aromatic carbocycles. The van der Waals surface area contributed by atoms with Crippen molar-refractivity contribution in [2.45, 2.75) is 44.6 Å². The van der Waals surface area contributed by atoms with E-state index in [1.54, 1.807) is 0 Å². The van der Waals surface area contributed by atoms with Crippen LogP contribution < -0.4 is 11.1 Å². The third kappa shape index (κ3) is 4.69. The summed E-state index contributed by atoms with van der Waals surface area (Å²) in [6.07, 6.45) is 10.8. The summed E-state index contributed by atoms with van der Waals surface area (Å²) in [6, 6.07) is 10.6. The number of hydrogen-bond donors (Lipinski definition) is 2. The molecule has 7 heteroatoms. The standard InChI is InChI=1S/C25H29N5OS/c26-21(31)16-30-14-12-18(13-15-30)27-24-23-19-8-4-5-9-20(19)32-25(23)29-22(28-24)11-10-17-6-2-1-3-7-17/h1-3,6-7,10-11,18H,4-5,8-9,12-16H2,(H2,26,31)(H,27,28,29). The molecular formula is C25H29N5OS. The molecule has 0 spiro atoms. The van der Waals surface area contributed by atoms with Crippen molar-refractivity contribution in [2.75, 3.05) is 25.0 Å². The van der Waals surface area contributed by atoms with Crippen LogP contribution in [0, 0.1) is 0 Å². The molecule has 2 aliphatic rings. The Bertz CT molecular complexity index is 1130. The number of carbonyl (C=O) groups excluding carboxylic acids is 1. The maximum Gasteiger partial charge on any atom is 0.231 e. The number of hydrogen-bond acceptors (Lipinski definition) is 6. The van der Waals surface area contributed by atoms with E-state index in [0.29, 0.717) is 12.6 Å². The number of likely N-dealkylation sites (tertiary alicyclic amines) is 1. The van der Waals surface area contributed by atoms with Gasteiger partial charge in [-0.2, -0.15) is 0 Å². The normalized spacial score (nSPS) is 17.6. The summed E-state index contributed by atoms with van der Waals surface area (Å²) in [4.78, 5) is 25.8. The van der Waals surface area contributed by atoms with Gasteiger partial charge in [-0.05, 0) is 55.7 Å². The van der Waals surface area contributed by atoms with Gasteiger partial charge in [0.05, 0.1) is 11.9 Å². The summed E-state index contributed by atoms with van der Waals surface area (Å²) in [5.41, 5.74) is 7.95. The average Bonchev–Trinajstić information content (AvgIpc) is 3.18. The van der Waals surface area contributed by atoms with Crippen LogP contribution in [-0.2, 0) is 17.6 Å². The molecule has 0 saturated carbocycles. The SMILES string of the molecule is NC(=O)CN1CCC(Nc2nc(C=Cc3ccccc3)nc3sc4c(c23)CCCC4)CC1. The summed E-state index contributed by atoms with van der Waals surface area (Å²) < 4.78 is 0. The van der Waals surface area contributed by atoms with Gasteiger partial charge in [-0.3, -0.25) is 9.69 Å². The quantitative estimate of drug-likeness (QED) is 0.594. The van der Waals surface area contributed by atoms with E-state index in [1.807, 2.05) is 35.6 Å². The molecule has 166 valence electrons. The summed E-state index contributed by atoms with van der Waals surface area (Å²) in [6.45, 7) is 2.09. The predicted molar refractivity (Wildman–Crippen MR) is 132 cm³/mol. The lowest BCUT2D eigenvalue weighted by atomic mass is 9.96. The smallest absolute Gasteiger partial charge is 0.231 e. The highest BCUT2D eigenvalue weighted by Crippen LogP contribution is 2.39. The van der Waals surface area contributed by atoms with Crippen molar-refractivity contribution in [3.05, 3.63) is 52.2 Å². The number of carbonyl (C=O) groups is 1. The number of primary amides is 1. The van der Waals surface area contributed by atoms with Gasteiger partial charge >= 0.3 is 0 Å². The number of rotatable bonds is 6. The van der Waals surface area contributed by atoms with E-state index in [2.05, 4.69) is 28.4 Å². The fourth-order valence-corrected chi connectivity index (χ4v) is 6.01. The van der Waals surface area contributed by atoms with Gasteiger partial charge in [-0.1, -0.05) is 36.4 Å². The predicted octanol–water partition coefficient (Wildman–Crippen LogP) is 4.10. The molecule has 0 bridgehead atoms. The van der Waals surface area contributed by atoms with Crippen LogP contribution in [0.3, 0.4) is 0 Å². The lowest BCUT2D eigenvalue weighted by molar-refractivity contribution is -0.119. The topological polar surface area (TPSA) is 84.1 Å². The first-order chi connectivity index (χ1) is 15.7. The number of nitrogens with one attached hydrogen (secondary N) is 1. The van der Waals surface area contributed by atoms with Gasteiger partial charge in [0.1, 0.15) is 10.6 Å². The van der Waals surface area contributed by atoms with E-state index in [1.165, 1.54) is 28.7 Å². The van der Waals surface area contributed by atoms with E-state index >= 15 is 0 Å². The van der Waals surface area contributed by atoms with Crippen molar-refractivity contribution in [3.63, 3.8) is 0 Å². The fourth-order valence-electron chi connectivity index (χ4n) is 4.74. The fraction of sp³-hybridized carbons (Fsp3) is 0.400. The van der Waals surface area contributed by atoms with Gasteiger partial charge in [0, 0.05) is 24.0 Å². The average molecular weight is 448 g/mol. The molecule has 1 saturated heterocycles. The molecule has 1 fully saturated rings. The molecule has 32 heavy (non-hydrogen) atoms. The number of aryl methyl sites for hydroxylation is 2. The molecule has 6 nitrogen and oxygen atoms in total. The first-order valence-electron chi connectivity index (χ1n) is 11.5. The van der Waals surface area contributed by atoms with Crippen molar-refractivity contribution in [3.8, 4) is 0 Å². The van der Waals surface area contributed by atoms with Crippen LogP contribution >= 0.6 is 11.3 Å². The number of thiophene rings is 1. The zero-order valence-electron chi connectivity index (χ0n) is 18.2. The summed E-state index contributed by atoms with van der Waals surface area (Å²) in [5, 5.41) is 4.97. The Kier molecular flexibility index (Phi) is 6.19. The van der Waals surface area contributed by atoms with Gasteiger partial charge in [-0.15, -0.1) is 11.3 Å². The first kappa shape index (κ1) is 21.1. The Morgan fingerprint density at radius 1 is 1.12 bits per heavy atom. The van der Waals surface area contributed by atoms with Crippen molar-refractivity contribution in [1.29, 1.82) is 0 Å². The third-order valence-corrected chi connectivity index (χ3v) is 7.55. The monoisotopic (exact) mass is 447 g/mol. The van der Waals surface area contributed by atoms with E-state index < -0.39 is 0 Å². The molecule has 0 unspecified atom stereocenters. The number of nitrogens with zero attached hydrogens (tertiary/aromatic N) is 3. The second-order valence-electron chi connectivity index (χ2n) is 8.73. The van der Waals surface area contributed by atoms with E-state index in [4.69, 9.17) is 15.7 Å². The van der Waals surface area contributed by atoms with Crippen molar-refractivity contribution >= 4 is 45.4 Å². The molecule has 1 aliphatic heterocycles. The number of fused-ring (bicyclic) bond motifs is 3. The Labute approximate surface area is 192 Å². The highest BCUT2D eigenvalue weighted by Gasteiger charge is 2.24. The zero-order chi connectivity index (χ0) is 21.9. The number of aromatic nitrogens is 2. The Hall–Kier alpha value is -2.77. The zero-order valence-corrected chi connectivity index (χ0v) is 19.0. The molecule has 5 rings (SSSR count). The van der Waals surface area contributed by atoms with Gasteiger partial charge in [0.2, 0.25) is 5.91 Å².